The van der Waals surface area contributed by atoms with Crippen LogP contribution in [0, 0.1) is 0 Å². The van der Waals surface area contributed by atoms with Gasteiger partial charge in [-0.3, -0.25) is 5.10 Å². The van der Waals surface area contributed by atoms with Crippen LogP contribution in [0.3, 0.4) is 0 Å². The molecule has 0 aliphatic rings. The highest BCUT2D eigenvalue weighted by atomic mass is 16.5. The van der Waals surface area contributed by atoms with E-state index in [9.17, 15) is 0 Å². The van der Waals surface area contributed by atoms with Crippen LogP contribution in [0.4, 0.5) is 5.69 Å². The molecule has 1 aromatic heterocycles. The highest BCUT2D eigenvalue weighted by Gasteiger charge is 2.03. The number of guanidine groups is 1. The molecule has 2 aromatic carbocycles. The number of nitrogens with one attached hydrogen (secondary N) is 3. The van der Waals surface area contributed by atoms with Gasteiger partial charge in [0.15, 0.2) is 5.96 Å². The third-order valence-corrected chi connectivity index (χ3v) is 4.18. The number of anilines is 1. The Morgan fingerprint density at radius 1 is 1.00 bits per heavy atom. The molecule has 0 saturated carbocycles. The smallest absolute Gasteiger partial charge is 0.196 e. The SMILES string of the molecule is COc1ccc(OCCNC(=NCc2ccn[nH]2)Nc2ccc(OC(C)C)cc2)cc1. The molecule has 0 aliphatic carbocycles. The molecule has 0 bridgehead atoms. The van der Waals surface area contributed by atoms with E-state index in [0.717, 1.165) is 28.6 Å². The monoisotopic (exact) mass is 423 g/mol. The van der Waals surface area contributed by atoms with Crippen molar-refractivity contribution in [3.05, 3.63) is 66.5 Å². The van der Waals surface area contributed by atoms with Crippen molar-refractivity contribution >= 4 is 11.6 Å². The Hall–Kier alpha value is -3.68. The van der Waals surface area contributed by atoms with E-state index >= 15 is 0 Å². The van der Waals surface area contributed by atoms with Gasteiger partial charge in [-0.25, -0.2) is 4.99 Å². The number of hydrogen-bond acceptors (Lipinski definition) is 5. The molecular weight excluding hydrogens is 394 g/mol. The van der Waals surface area contributed by atoms with Gasteiger partial charge in [0.1, 0.15) is 23.9 Å². The molecule has 0 aliphatic heterocycles. The first-order valence-corrected chi connectivity index (χ1v) is 10.2. The minimum absolute atomic E-state index is 0.137. The summed E-state index contributed by atoms with van der Waals surface area (Å²) in [6.45, 7) is 5.55. The standard InChI is InChI=1S/C23H29N5O3/c1-17(2)31-22-6-4-18(5-7-22)27-23(25-16-19-12-13-26-28-19)24-14-15-30-21-10-8-20(29-3)9-11-21/h4-13,17H,14-16H2,1-3H3,(H,26,28)(H2,24,25,27). The molecule has 0 fully saturated rings. The van der Waals surface area contributed by atoms with Crippen molar-refractivity contribution < 1.29 is 14.2 Å². The van der Waals surface area contributed by atoms with Crippen LogP contribution in [0.15, 0.2) is 65.8 Å². The fraction of sp³-hybridized carbons (Fsp3) is 0.304. The summed E-state index contributed by atoms with van der Waals surface area (Å²) in [6, 6.07) is 17.2. The largest absolute Gasteiger partial charge is 0.497 e. The minimum atomic E-state index is 0.137. The third kappa shape index (κ3) is 7.58. The summed E-state index contributed by atoms with van der Waals surface area (Å²) < 4.78 is 16.6. The Morgan fingerprint density at radius 3 is 2.35 bits per heavy atom. The van der Waals surface area contributed by atoms with E-state index in [1.807, 2.05) is 68.4 Å². The fourth-order valence-corrected chi connectivity index (χ4v) is 2.71. The van der Waals surface area contributed by atoms with Crippen molar-refractivity contribution in [1.29, 1.82) is 0 Å². The van der Waals surface area contributed by atoms with Gasteiger partial charge in [0.05, 0.1) is 32.0 Å². The molecule has 8 heteroatoms. The molecular formula is C23H29N5O3. The number of methoxy groups -OCH3 is 1. The van der Waals surface area contributed by atoms with Gasteiger partial charge in [-0.15, -0.1) is 0 Å². The molecule has 3 N–H and O–H groups in total. The maximum Gasteiger partial charge on any atom is 0.196 e. The van der Waals surface area contributed by atoms with E-state index in [1.54, 1.807) is 13.3 Å². The van der Waals surface area contributed by atoms with Gasteiger partial charge < -0.3 is 24.8 Å². The molecule has 3 aromatic rings. The lowest BCUT2D eigenvalue weighted by Crippen LogP contribution is -2.34. The first kappa shape index (κ1) is 22.0. The van der Waals surface area contributed by atoms with E-state index in [4.69, 9.17) is 14.2 Å². The Bertz CT molecular complexity index is 923. The second kappa shape index (κ2) is 11.5. The van der Waals surface area contributed by atoms with Gasteiger partial charge in [0.25, 0.3) is 0 Å². The van der Waals surface area contributed by atoms with Crippen LogP contribution in [0.1, 0.15) is 19.5 Å². The summed E-state index contributed by atoms with van der Waals surface area (Å²) in [5.41, 5.74) is 1.83. The summed E-state index contributed by atoms with van der Waals surface area (Å²) in [5, 5.41) is 13.5. The van der Waals surface area contributed by atoms with Crippen LogP contribution in [-0.2, 0) is 6.54 Å². The van der Waals surface area contributed by atoms with E-state index in [2.05, 4.69) is 25.8 Å². The Morgan fingerprint density at radius 2 is 1.71 bits per heavy atom. The van der Waals surface area contributed by atoms with Crippen molar-refractivity contribution in [2.45, 2.75) is 26.5 Å². The fourth-order valence-electron chi connectivity index (χ4n) is 2.71. The average molecular weight is 424 g/mol. The summed E-state index contributed by atoms with van der Waals surface area (Å²) in [7, 11) is 1.64. The normalized spacial score (nSPS) is 11.3. The van der Waals surface area contributed by atoms with E-state index in [1.165, 1.54) is 0 Å². The zero-order valence-corrected chi connectivity index (χ0v) is 18.1. The number of aromatic nitrogens is 2. The number of H-pyrrole nitrogens is 1. The van der Waals surface area contributed by atoms with Crippen LogP contribution >= 0.6 is 0 Å². The lowest BCUT2D eigenvalue weighted by Gasteiger charge is -2.14. The summed E-state index contributed by atoms with van der Waals surface area (Å²) in [6.07, 6.45) is 1.85. The number of aromatic amines is 1. The number of nitrogens with zero attached hydrogens (tertiary/aromatic N) is 2. The van der Waals surface area contributed by atoms with Gasteiger partial charge in [-0.2, -0.15) is 5.10 Å². The molecule has 8 nitrogen and oxygen atoms in total. The predicted octanol–water partition coefficient (Wildman–Crippen LogP) is 3.84. The highest BCUT2D eigenvalue weighted by Crippen LogP contribution is 2.18. The number of benzene rings is 2. The molecule has 0 saturated heterocycles. The maximum absolute atomic E-state index is 5.78. The molecule has 0 radical (unpaired) electrons. The number of hydrogen-bond donors (Lipinski definition) is 3. The molecule has 1 heterocycles. The van der Waals surface area contributed by atoms with Crippen LogP contribution in [0.5, 0.6) is 17.2 Å². The van der Waals surface area contributed by atoms with Gasteiger partial charge in [0.2, 0.25) is 0 Å². The van der Waals surface area contributed by atoms with E-state index < -0.39 is 0 Å². The molecule has 31 heavy (non-hydrogen) atoms. The van der Waals surface area contributed by atoms with Gasteiger partial charge in [0, 0.05) is 11.9 Å². The molecule has 0 amide bonds. The minimum Gasteiger partial charge on any atom is -0.497 e. The maximum atomic E-state index is 5.78. The average Bonchev–Trinajstić information content (AvgIpc) is 3.30. The first-order chi connectivity index (χ1) is 15.1. The Labute approximate surface area is 182 Å². The predicted molar refractivity (Wildman–Crippen MR) is 122 cm³/mol. The molecule has 0 unspecified atom stereocenters. The Balaban J connectivity index is 1.56. The molecule has 0 atom stereocenters. The number of ether oxygens (including phenoxy) is 3. The van der Waals surface area contributed by atoms with Crippen molar-refractivity contribution in [3.8, 4) is 17.2 Å². The molecule has 0 spiro atoms. The van der Waals surface area contributed by atoms with Crippen LogP contribution in [0.25, 0.3) is 0 Å². The van der Waals surface area contributed by atoms with Crippen molar-refractivity contribution in [3.63, 3.8) is 0 Å². The third-order valence-electron chi connectivity index (χ3n) is 4.18. The lowest BCUT2D eigenvalue weighted by molar-refractivity contribution is 0.242. The molecule has 3 rings (SSSR count). The summed E-state index contributed by atoms with van der Waals surface area (Å²) in [4.78, 5) is 4.62. The second-order valence-corrected chi connectivity index (χ2v) is 7.01. The zero-order valence-electron chi connectivity index (χ0n) is 18.1. The second-order valence-electron chi connectivity index (χ2n) is 7.01. The van der Waals surface area contributed by atoms with Crippen LogP contribution < -0.4 is 24.8 Å². The highest BCUT2D eigenvalue weighted by molar-refractivity contribution is 5.93. The van der Waals surface area contributed by atoms with E-state index in [0.29, 0.717) is 25.7 Å². The molecule has 164 valence electrons. The topological polar surface area (TPSA) is 92.8 Å². The van der Waals surface area contributed by atoms with Gasteiger partial charge in [-0.05, 0) is 68.4 Å². The number of rotatable bonds is 10. The van der Waals surface area contributed by atoms with Crippen molar-refractivity contribution in [1.82, 2.24) is 15.5 Å². The lowest BCUT2D eigenvalue weighted by atomic mass is 10.3. The van der Waals surface area contributed by atoms with Crippen LogP contribution in [0.2, 0.25) is 0 Å². The first-order valence-electron chi connectivity index (χ1n) is 10.2. The Kier molecular flexibility index (Phi) is 8.16. The number of aliphatic imine (C=N–C) groups is 1. The summed E-state index contributed by atoms with van der Waals surface area (Å²) in [5.74, 6) is 3.06. The van der Waals surface area contributed by atoms with Crippen molar-refractivity contribution in [2.75, 3.05) is 25.6 Å². The van der Waals surface area contributed by atoms with Crippen LogP contribution in [-0.4, -0.2) is 42.5 Å². The van der Waals surface area contributed by atoms with Gasteiger partial charge in [-0.1, -0.05) is 0 Å². The summed E-state index contributed by atoms with van der Waals surface area (Å²) >= 11 is 0. The van der Waals surface area contributed by atoms with E-state index in [-0.39, 0.29) is 6.10 Å². The van der Waals surface area contributed by atoms with Gasteiger partial charge >= 0.3 is 0 Å². The van der Waals surface area contributed by atoms with Crippen molar-refractivity contribution in [2.24, 2.45) is 4.99 Å². The quantitative estimate of drug-likeness (QED) is 0.261. The zero-order chi connectivity index (χ0) is 21.9.